The molecule has 160 valence electrons. The minimum absolute atomic E-state index is 0.102. The van der Waals surface area contributed by atoms with E-state index in [1.54, 1.807) is 36.4 Å². The summed E-state index contributed by atoms with van der Waals surface area (Å²) in [6.07, 6.45) is 0.328. The summed E-state index contributed by atoms with van der Waals surface area (Å²) in [5.41, 5.74) is 2.03. The largest absolute Gasteiger partial charge is 0.497 e. The molecule has 0 atom stereocenters. The molecule has 0 radical (unpaired) electrons. The third-order valence-corrected chi connectivity index (χ3v) is 6.24. The predicted octanol–water partition coefficient (Wildman–Crippen LogP) is 5.30. The highest BCUT2D eigenvalue weighted by Gasteiger charge is 2.15. The Labute approximate surface area is 181 Å². The number of ether oxygens (including phenoxy) is 1. The maximum Gasteiger partial charge on any atom is 0.224 e. The zero-order chi connectivity index (χ0) is 22.1. The van der Waals surface area contributed by atoms with E-state index in [1.165, 1.54) is 19.2 Å². The number of nitrogens with one attached hydrogen (secondary N) is 1. The second-order valence-electron chi connectivity index (χ2n) is 6.73. The third kappa shape index (κ3) is 6.75. The van der Waals surface area contributed by atoms with Crippen molar-refractivity contribution < 1.29 is 17.9 Å². The van der Waals surface area contributed by atoms with Crippen molar-refractivity contribution in [2.24, 2.45) is 10.2 Å². The summed E-state index contributed by atoms with van der Waals surface area (Å²) in [5.74, 6) is 0.237. The summed E-state index contributed by atoms with van der Waals surface area (Å²) < 4.78 is 29.8. The number of carbonyl (C=O) groups excluding carboxylic acids is 1. The highest BCUT2D eigenvalue weighted by atomic mass is 32.2. The summed E-state index contributed by atoms with van der Waals surface area (Å²) >= 11 is 0. The van der Waals surface area contributed by atoms with Crippen molar-refractivity contribution in [2.75, 3.05) is 18.2 Å². The molecule has 0 saturated heterocycles. The molecule has 1 amide bonds. The van der Waals surface area contributed by atoms with Gasteiger partial charge in [0.05, 0.1) is 29.1 Å². The number of azo groups is 1. The van der Waals surface area contributed by atoms with Gasteiger partial charge in [0.15, 0.2) is 9.84 Å². The van der Waals surface area contributed by atoms with Gasteiger partial charge in [0.1, 0.15) is 5.75 Å². The molecule has 3 aromatic rings. The van der Waals surface area contributed by atoms with E-state index in [1.807, 2.05) is 30.3 Å². The van der Waals surface area contributed by atoms with Crippen molar-refractivity contribution in [2.45, 2.75) is 17.7 Å². The topological polar surface area (TPSA) is 97.2 Å². The SMILES string of the molecule is COc1ccc(S(=O)(=O)CCCC(=O)Nc2ccc(N=Nc3ccccc3)cc2)cc1. The lowest BCUT2D eigenvalue weighted by Gasteiger charge is -2.07. The van der Waals surface area contributed by atoms with Gasteiger partial charge >= 0.3 is 0 Å². The van der Waals surface area contributed by atoms with Crippen molar-refractivity contribution in [1.82, 2.24) is 0 Å². The van der Waals surface area contributed by atoms with Gasteiger partial charge in [0.25, 0.3) is 0 Å². The Morgan fingerprint density at radius 1 is 0.871 bits per heavy atom. The molecule has 0 aromatic heterocycles. The number of nitrogens with zero attached hydrogens (tertiary/aromatic N) is 2. The van der Waals surface area contributed by atoms with Crippen LogP contribution in [0.15, 0.2) is 94.0 Å². The minimum Gasteiger partial charge on any atom is -0.497 e. The first-order valence-electron chi connectivity index (χ1n) is 9.70. The molecule has 31 heavy (non-hydrogen) atoms. The van der Waals surface area contributed by atoms with Crippen molar-refractivity contribution in [3.05, 3.63) is 78.9 Å². The molecule has 0 heterocycles. The van der Waals surface area contributed by atoms with Crippen LogP contribution in [-0.2, 0) is 14.6 Å². The monoisotopic (exact) mass is 437 g/mol. The highest BCUT2D eigenvalue weighted by Crippen LogP contribution is 2.21. The molecule has 0 aliphatic rings. The van der Waals surface area contributed by atoms with Gasteiger partial charge in [0.2, 0.25) is 5.91 Å². The lowest BCUT2D eigenvalue weighted by atomic mass is 10.2. The van der Waals surface area contributed by atoms with Gasteiger partial charge in [-0.05, 0) is 67.1 Å². The first-order chi connectivity index (χ1) is 15.0. The minimum atomic E-state index is -3.45. The Morgan fingerprint density at radius 2 is 1.48 bits per heavy atom. The van der Waals surface area contributed by atoms with Gasteiger partial charge in [-0.2, -0.15) is 10.2 Å². The summed E-state index contributed by atoms with van der Waals surface area (Å²) in [6.45, 7) is 0. The second-order valence-corrected chi connectivity index (χ2v) is 8.84. The van der Waals surface area contributed by atoms with Crippen molar-refractivity contribution in [3.63, 3.8) is 0 Å². The standard InChI is InChI=1S/C23H23N3O4S/c1-30-21-13-15-22(16-14-21)31(28,29)17-5-8-23(27)24-18-9-11-20(12-10-18)26-25-19-6-3-2-4-7-19/h2-4,6-7,9-16H,5,8,17H2,1H3,(H,24,27). The fourth-order valence-corrected chi connectivity index (χ4v) is 4.08. The number of rotatable bonds is 9. The Balaban J connectivity index is 1.47. The summed E-state index contributed by atoms with van der Waals surface area (Å²) in [7, 11) is -1.93. The molecule has 7 nitrogen and oxygen atoms in total. The molecule has 0 unspecified atom stereocenters. The first-order valence-corrected chi connectivity index (χ1v) is 11.3. The van der Waals surface area contributed by atoms with Crippen molar-refractivity contribution in [3.8, 4) is 5.75 Å². The zero-order valence-corrected chi connectivity index (χ0v) is 17.9. The van der Waals surface area contributed by atoms with E-state index in [9.17, 15) is 13.2 Å². The van der Waals surface area contributed by atoms with E-state index >= 15 is 0 Å². The highest BCUT2D eigenvalue weighted by molar-refractivity contribution is 7.91. The van der Waals surface area contributed by atoms with E-state index in [2.05, 4.69) is 15.5 Å². The molecule has 0 aliphatic carbocycles. The number of hydrogen-bond acceptors (Lipinski definition) is 6. The van der Waals surface area contributed by atoms with Gasteiger partial charge in [-0.25, -0.2) is 8.42 Å². The Bertz CT molecular complexity index is 1130. The van der Waals surface area contributed by atoms with Crippen LogP contribution >= 0.6 is 0 Å². The molecule has 0 spiro atoms. The van der Waals surface area contributed by atoms with Gasteiger partial charge in [-0.1, -0.05) is 18.2 Å². The molecule has 1 N–H and O–H groups in total. The van der Waals surface area contributed by atoms with E-state index in [0.717, 1.165) is 5.69 Å². The van der Waals surface area contributed by atoms with Crippen LogP contribution in [0, 0.1) is 0 Å². The molecule has 0 aliphatic heterocycles. The molecule has 3 rings (SSSR count). The molecule has 8 heteroatoms. The second kappa shape index (κ2) is 10.5. The van der Waals surface area contributed by atoms with Crippen LogP contribution < -0.4 is 10.1 Å². The van der Waals surface area contributed by atoms with Crippen LogP contribution in [-0.4, -0.2) is 27.2 Å². The molecule has 0 fully saturated rings. The number of anilines is 1. The van der Waals surface area contributed by atoms with Crippen LogP contribution in [0.3, 0.4) is 0 Å². The lowest BCUT2D eigenvalue weighted by molar-refractivity contribution is -0.116. The number of benzene rings is 3. The summed E-state index contributed by atoms with van der Waals surface area (Å²) in [4.78, 5) is 12.4. The quantitative estimate of drug-likeness (QED) is 0.459. The number of hydrogen-bond donors (Lipinski definition) is 1. The van der Waals surface area contributed by atoms with Gasteiger partial charge in [-0.15, -0.1) is 0 Å². The lowest BCUT2D eigenvalue weighted by Crippen LogP contribution is -2.14. The summed E-state index contributed by atoms with van der Waals surface area (Å²) in [6, 6.07) is 22.5. The van der Waals surface area contributed by atoms with Crippen molar-refractivity contribution in [1.29, 1.82) is 0 Å². The molecule has 0 bridgehead atoms. The van der Waals surface area contributed by atoms with Gasteiger partial charge in [0, 0.05) is 12.1 Å². The number of sulfone groups is 1. The summed E-state index contributed by atoms with van der Waals surface area (Å²) in [5, 5.41) is 11.1. The molecular formula is C23H23N3O4S. The molecule has 0 saturated carbocycles. The average molecular weight is 438 g/mol. The van der Waals surface area contributed by atoms with Crippen LogP contribution in [0.25, 0.3) is 0 Å². The van der Waals surface area contributed by atoms with Crippen LogP contribution in [0.5, 0.6) is 5.75 Å². The zero-order valence-electron chi connectivity index (χ0n) is 17.1. The fourth-order valence-electron chi connectivity index (χ4n) is 2.77. The normalized spacial score (nSPS) is 11.4. The fraction of sp³-hybridized carbons (Fsp3) is 0.174. The predicted molar refractivity (Wildman–Crippen MR) is 120 cm³/mol. The maximum atomic E-state index is 12.4. The van der Waals surface area contributed by atoms with Crippen LogP contribution in [0.1, 0.15) is 12.8 Å². The number of methoxy groups -OCH3 is 1. The van der Waals surface area contributed by atoms with E-state index in [-0.39, 0.29) is 29.4 Å². The van der Waals surface area contributed by atoms with Crippen LogP contribution in [0.2, 0.25) is 0 Å². The third-order valence-electron chi connectivity index (χ3n) is 4.42. The molecular weight excluding hydrogens is 414 g/mol. The Hall–Kier alpha value is -3.52. The first kappa shape index (κ1) is 22.2. The van der Waals surface area contributed by atoms with E-state index in [4.69, 9.17) is 4.74 Å². The Morgan fingerprint density at radius 3 is 2.10 bits per heavy atom. The van der Waals surface area contributed by atoms with E-state index < -0.39 is 9.84 Å². The Kier molecular flexibility index (Phi) is 7.50. The number of carbonyl (C=O) groups is 1. The average Bonchev–Trinajstić information content (AvgIpc) is 2.79. The number of amides is 1. The maximum absolute atomic E-state index is 12.4. The smallest absolute Gasteiger partial charge is 0.224 e. The van der Waals surface area contributed by atoms with Crippen molar-refractivity contribution >= 4 is 32.8 Å². The van der Waals surface area contributed by atoms with Crippen LogP contribution in [0.4, 0.5) is 17.1 Å². The molecule has 3 aromatic carbocycles. The van der Waals surface area contributed by atoms with Gasteiger partial charge < -0.3 is 10.1 Å². The van der Waals surface area contributed by atoms with E-state index in [0.29, 0.717) is 17.1 Å². The van der Waals surface area contributed by atoms with Gasteiger partial charge in [-0.3, -0.25) is 4.79 Å².